The second-order valence-electron chi connectivity index (χ2n) is 6.36. The van der Waals surface area contributed by atoms with Crippen molar-refractivity contribution in [3.05, 3.63) is 15.6 Å². The maximum absolute atomic E-state index is 12.5. The van der Waals surface area contributed by atoms with Gasteiger partial charge in [0.2, 0.25) is 0 Å². The minimum absolute atomic E-state index is 0.0113. The summed E-state index contributed by atoms with van der Waals surface area (Å²) in [6.45, 7) is 8.60. The summed E-state index contributed by atoms with van der Waals surface area (Å²) in [6, 6.07) is 0. The van der Waals surface area contributed by atoms with E-state index in [1.54, 1.807) is 4.90 Å². The molecule has 2 heterocycles. The topological polar surface area (TPSA) is 67.3 Å². The van der Waals surface area contributed by atoms with Crippen LogP contribution in [0.2, 0.25) is 0 Å². The summed E-state index contributed by atoms with van der Waals surface area (Å²) >= 11 is 1.41. The van der Waals surface area contributed by atoms with Crippen LogP contribution < -0.4 is 0 Å². The number of rotatable bonds is 4. The van der Waals surface area contributed by atoms with E-state index < -0.39 is 9.84 Å². The molecule has 7 heteroatoms. The second-order valence-corrected chi connectivity index (χ2v) is 9.89. The first-order chi connectivity index (χ1) is 10.2. The van der Waals surface area contributed by atoms with Gasteiger partial charge in [-0.15, -0.1) is 11.3 Å². The molecular weight excluding hydrogens is 320 g/mol. The molecule has 1 aromatic rings. The van der Waals surface area contributed by atoms with E-state index >= 15 is 0 Å². The Morgan fingerprint density at radius 1 is 1.32 bits per heavy atom. The molecular formula is C15H24N2O3S2. The predicted octanol–water partition coefficient (Wildman–Crippen LogP) is 2.44. The van der Waals surface area contributed by atoms with Gasteiger partial charge in [-0.05, 0) is 32.6 Å². The van der Waals surface area contributed by atoms with Gasteiger partial charge in [0.05, 0.1) is 21.7 Å². The molecule has 5 nitrogen and oxygen atoms in total. The molecule has 0 bridgehead atoms. The lowest BCUT2D eigenvalue weighted by Gasteiger charge is -2.31. The highest BCUT2D eigenvalue weighted by atomic mass is 32.2. The Hall–Kier alpha value is -0.950. The summed E-state index contributed by atoms with van der Waals surface area (Å²) in [5.41, 5.74) is 0.766. The van der Waals surface area contributed by atoms with E-state index in [2.05, 4.69) is 4.98 Å². The monoisotopic (exact) mass is 344 g/mol. The van der Waals surface area contributed by atoms with Crippen LogP contribution in [0.3, 0.4) is 0 Å². The van der Waals surface area contributed by atoms with Crippen LogP contribution in [-0.4, -0.2) is 48.3 Å². The van der Waals surface area contributed by atoms with Gasteiger partial charge in [0.15, 0.2) is 9.84 Å². The van der Waals surface area contributed by atoms with E-state index in [1.165, 1.54) is 11.3 Å². The molecule has 0 atom stereocenters. The average molecular weight is 345 g/mol. The van der Waals surface area contributed by atoms with Crippen molar-refractivity contribution in [3.8, 4) is 0 Å². The van der Waals surface area contributed by atoms with Crippen molar-refractivity contribution < 1.29 is 13.2 Å². The standard InChI is InChI=1S/C15H24N2O3S2/c1-10(2)9-22(19,20)13-5-7-17(8-6-13)15(18)14-11(3)16-12(4)21-14/h10,13H,5-9H2,1-4H3. The highest BCUT2D eigenvalue weighted by Gasteiger charge is 2.32. The third-order valence-corrected chi connectivity index (χ3v) is 7.58. The van der Waals surface area contributed by atoms with E-state index in [0.29, 0.717) is 30.8 Å². The third-order valence-electron chi connectivity index (χ3n) is 3.90. The molecule has 0 saturated carbocycles. The van der Waals surface area contributed by atoms with Gasteiger partial charge in [-0.3, -0.25) is 4.79 Å². The molecule has 1 aromatic heterocycles. The molecule has 1 aliphatic rings. The van der Waals surface area contributed by atoms with Gasteiger partial charge < -0.3 is 4.90 Å². The van der Waals surface area contributed by atoms with Crippen molar-refractivity contribution >= 4 is 27.1 Å². The Morgan fingerprint density at radius 2 is 1.91 bits per heavy atom. The molecule has 0 spiro atoms. The van der Waals surface area contributed by atoms with Crippen molar-refractivity contribution in [1.29, 1.82) is 0 Å². The fourth-order valence-corrected chi connectivity index (χ4v) is 5.91. The van der Waals surface area contributed by atoms with Gasteiger partial charge in [-0.2, -0.15) is 0 Å². The SMILES string of the molecule is Cc1nc(C)c(C(=O)N2CCC(S(=O)(=O)CC(C)C)CC2)s1. The van der Waals surface area contributed by atoms with E-state index in [1.807, 2.05) is 27.7 Å². The number of aromatic nitrogens is 1. The Morgan fingerprint density at radius 3 is 2.36 bits per heavy atom. The number of thiazole rings is 1. The number of likely N-dealkylation sites (tertiary alicyclic amines) is 1. The predicted molar refractivity (Wildman–Crippen MR) is 89.1 cm³/mol. The molecule has 22 heavy (non-hydrogen) atoms. The van der Waals surface area contributed by atoms with Crippen molar-refractivity contribution in [2.75, 3.05) is 18.8 Å². The lowest BCUT2D eigenvalue weighted by atomic mass is 10.1. The van der Waals surface area contributed by atoms with Crippen molar-refractivity contribution in [2.45, 2.75) is 45.8 Å². The second kappa shape index (κ2) is 6.66. The number of nitrogens with zero attached hydrogens (tertiary/aromatic N) is 2. The van der Waals surface area contributed by atoms with Crippen molar-refractivity contribution in [2.24, 2.45) is 5.92 Å². The lowest BCUT2D eigenvalue weighted by molar-refractivity contribution is 0.0729. The van der Waals surface area contributed by atoms with Crippen LogP contribution in [0.5, 0.6) is 0 Å². The molecule has 0 aliphatic carbocycles. The summed E-state index contributed by atoms with van der Waals surface area (Å²) in [6.07, 6.45) is 1.08. The van der Waals surface area contributed by atoms with Gasteiger partial charge in [-0.1, -0.05) is 13.8 Å². The number of sulfone groups is 1. The van der Waals surface area contributed by atoms with Gasteiger partial charge in [0.25, 0.3) is 5.91 Å². The fraction of sp³-hybridized carbons (Fsp3) is 0.733. The van der Waals surface area contributed by atoms with Crippen LogP contribution in [-0.2, 0) is 9.84 Å². The van der Waals surface area contributed by atoms with Gasteiger partial charge >= 0.3 is 0 Å². The van der Waals surface area contributed by atoms with E-state index in [9.17, 15) is 13.2 Å². The first-order valence-electron chi connectivity index (χ1n) is 7.65. The van der Waals surface area contributed by atoms with E-state index in [0.717, 1.165) is 10.7 Å². The zero-order valence-electron chi connectivity index (χ0n) is 13.6. The van der Waals surface area contributed by atoms with Crippen LogP contribution in [0.4, 0.5) is 0 Å². The smallest absolute Gasteiger partial charge is 0.265 e. The van der Waals surface area contributed by atoms with Crippen molar-refractivity contribution in [3.63, 3.8) is 0 Å². The van der Waals surface area contributed by atoms with Crippen LogP contribution in [0, 0.1) is 19.8 Å². The van der Waals surface area contributed by atoms with Crippen LogP contribution in [0.15, 0.2) is 0 Å². The number of piperidine rings is 1. The summed E-state index contributed by atoms with van der Waals surface area (Å²) in [7, 11) is -3.05. The summed E-state index contributed by atoms with van der Waals surface area (Å²) < 4.78 is 24.6. The molecule has 0 radical (unpaired) electrons. The van der Waals surface area contributed by atoms with E-state index in [-0.39, 0.29) is 22.8 Å². The minimum atomic E-state index is -3.05. The number of aryl methyl sites for hydroxylation is 2. The summed E-state index contributed by atoms with van der Waals surface area (Å²) in [5.74, 6) is 0.369. The first-order valence-corrected chi connectivity index (χ1v) is 10.2. The third kappa shape index (κ3) is 3.87. The molecule has 124 valence electrons. The molecule has 0 N–H and O–H groups in total. The lowest BCUT2D eigenvalue weighted by Crippen LogP contribution is -2.43. The molecule has 1 aliphatic heterocycles. The molecule has 0 unspecified atom stereocenters. The molecule has 1 saturated heterocycles. The summed E-state index contributed by atoms with van der Waals surface area (Å²) in [5, 5.41) is 0.582. The maximum Gasteiger partial charge on any atom is 0.265 e. The first kappa shape index (κ1) is 17.4. The van der Waals surface area contributed by atoms with Crippen LogP contribution >= 0.6 is 11.3 Å². The van der Waals surface area contributed by atoms with Crippen molar-refractivity contribution in [1.82, 2.24) is 9.88 Å². The van der Waals surface area contributed by atoms with E-state index in [4.69, 9.17) is 0 Å². The van der Waals surface area contributed by atoms with Crippen LogP contribution in [0.25, 0.3) is 0 Å². The Kier molecular flexibility index (Phi) is 5.27. The average Bonchev–Trinajstić information content (AvgIpc) is 2.75. The highest BCUT2D eigenvalue weighted by Crippen LogP contribution is 2.24. The molecule has 1 amide bonds. The molecule has 0 aromatic carbocycles. The zero-order valence-corrected chi connectivity index (χ0v) is 15.3. The number of amides is 1. The minimum Gasteiger partial charge on any atom is -0.338 e. The number of hydrogen-bond donors (Lipinski definition) is 0. The van der Waals surface area contributed by atoms with Gasteiger partial charge in [0.1, 0.15) is 4.88 Å². The van der Waals surface area contributed by atoms with Gasteiger partial charge in [0, 0.05) is 13.1 Å². The zero-order chi connectivity index (χ0) is 16.5. The molecule has 2 rings (SSSR count). The number of carbonyl (C=O) groups excluding carboxylic acids is 1. The molecule has 1 fully saturated rings. The van der Waals surface area contributed by atoms with Gasteiger partial charge in [-0.25, -0.2) is 13.4 Å². The number of carbonyl (C=O) groups is 1. The Balaban J connectivity index is 2.00. The normalized spacial score (nSPS) is 17.2. The summed E-state index contributed by atoms with van der Waals surface area (Å²) in [4.78, 5) is 19.3. The largest absolute Gasteiger partial charge is 0.338 e. The Bertz CT molecular complexity index is 642. The Labute approximate surface area is 136 Å². The fourth-order valence-electron chi connectivity index (χ4n) is 2.89. The number of hydrogen-bond acceptors (Lipinski definition) is 5. The highest BCUT2D eigenvalue weighted by molar-refractivity contribution is 7.92. The quantitative estimate of drug-likeness (QED) is 0.841. The maximum atomic E-state index is 12.5. The van der Waals surface area contributed by atoms with Crippen LogP contribution in [0.1, 0.15) is 47.1 Å².